The molecule has 0 saturated carbocycles. The number of piperidine rings is 1. The Hall–Kier alpha value is -1.93. The second-order valence-corrected chi connectivity index (χ2v) is 7.83. The van der Waals surface area contributed by atoms with Crippen molar-refractivity contribution in [1.82, 2.24) is 4.31 Å². The van der Waals surface area contributed by atoms with E-state index in [2.05, 4.69) is 10.1 Å². The summed E-state index contributed by atoms with van der Waals surface area (Å²) in [7, 11) is -2.13. The fourth-order valence-electron chi connectivity index (χ4n) is 2.83. The molecule has 1 unspecified atom stereocenters. The first-order valence-corrected chi connectivity index (χ1v) is 9.55. The summed E-state index contributed by atoms with van der Waals surface area (Å²) in [6, 6.07) is 4.10. The van der Waals surface area contributed by atoms with Gasteiger partial charge in [-0.2, -0.15) is 4.31 Å². The molecule has 0 aliphatic carbocycles. The number of carbonyl (C=O) groups excluding carboxylic acids is 2. The van der Waals surface area contributed by atoms with Crippen LogP contribution in [0, 0.1) is 6.92 Å². The van der Waals surface area contributed by atoms with E-state index in [-0.39, 0.29) is 5.91 Å². The minimum absolute atomic E-state index is 0.353. The van der Waals surface area contributed by atoms with Gasteiger partial charge in [0, 0.05) is 12.2 Å². The average Bonchev–Trinajstić information content (AvgIpc) is 2.55. The molecule has 1 aliphatic heterocycles. The number of hydrogen-bond donors (Lipinski definition) is 1. The van der Waals surface area contributed by atoms with Crippen LogP contribution in [0.4, 0.5) is 5.69 Å². The van der Waals surface area contributed by atoms with Gasteiger partial charge in [-0.1, -0.05) is 6.42 Å². The van der Waals surface area contributed by atoms with Crippen molar-refractivity contribution in [3.63, 3.8) is 0 Å². The molecule has 8 heteroatoms. The van der Waals surface area contributed by atoms with E-state index in [0.717, 1.165) is 19.1 Å². The summed E-state index contributed by atoms with van der Waals surface area (Å²) in [4.78, 5) is 24.1. The number of nitrogens with one attached hydrogen (secondary N) is 1. The Morgan fingerprint density at radius 3 is 2.58 bits per heavy atom. The second kappa shape index (κ2) is 7.31. The summed E-state index contributed by atoms with van der Waals surface area (Å²) in [6.07, 6.45) is 3.18. The van der Waals surface area contributed by atoms with Crippen LogP contribution in [0.2, 0.25) is 0 Å². The molecule has 1 aliphatic rings. The molecule has 1 saturated heterocycles. The van der Waals surface area contributed by atoms with Gasteiger partial charge in [0.05, 0.1) is 18.9 Å². The molecular formula is C16H22N2O5S. The fraction of sp³-hybridized carbons (Fsp3) is 0.500. The van der Waals surface area contributed by atoms with E-state index in [4.69, 9.17) is 0 Å². The average molecular weight is 354 g/mol. The number of carbonyl (C=O) groups is 2. The maximum absolute atomic E-state index is 12.5. The molecule has 1 N–H and O–H groups in total. The smallest absolute Gasteiger partial charge is 0.337 e. The lowest BCUT2D eigenvalue weighted by Crippen LogP contribution is -2.49. The second-order valence-electron chi connectivity index (χ2n) is 5.90. The number of anilines is 1. The molecule has 1 fully saturated rings. The van der Waals surface area contributed by atoms with Crippen LogP contribution in [-0.2, 0) is 19.6 Å². The van der Waals surface area contributed by atoms with E-state index in [1.807, 2.05) is 0 Å². The summed E-state index contributed by atoms with van der Waals surface area (Å²) in [6.45, 7) is 2.12. The van der Waals surface area contributed by atoms with Crippen LogP contribution < -0.4 is 5.32 Å². The molecule has 0 bridgehead atoms. The number of hydrogen-bond acceptors (Lipinski definition) is 5. The van der Waals surface area contributed by atoms with Gasteiger partial charge in [-0.3, -0.25) is 4.79 Å². The standard InChI is InChI=1S/C16H22N2O5S/c1-11-10-12(16(20)23-2)7-8-13(11)17-15(19)14-6-4-5-9-18(14)24(3,21)22/h7-8,10,14H,4-6,9H2,1-3H3,(H,17,19). The Labute approximate surface area is 142 Å². The number of esters is 1. The third-order valence-corrected chi connectivity index (χ3v) is 5.38. The highest BCUT2D eigenvalue weighted by atomic mass is 32.2. The highest BCUT2D eigenvalue weighted by molar-refractivity contribution is 7.88. The Morgan fingerprint density at radius 2 is 2.00 bits per heavy atom. The summed E-state index contributed by atoms with van der Waals surface area (Å²) in [5.74, 6) is -0.805. The Morgan fingerprint density at radius 1 is 1.29 bits per heavy atom. The molecule has 0 spiro atoms. The summed E-state index contributed by atoms with van der Waals surface area (Å²) >= 11 is 0. The zero-order chi connectivity index (χ0) is 17.9. The van der Waals surface area contributed by atoms with Gasteiger partial charge in [0.15, 0.2) is 0 Å². The Kier molecular flexibility index (Phi) is 5.61. The highest BCUT2D eigenvalue weighted by Gasteiger charge is 2.34. The lowest BCUT2D eigenvalue weighted by Gasteiger charge is -2.32. The SMILES string of the molecule is COC(=O)c1ccc(NC(=O)C2CCCCN2S(C)(=O)=O)c(C)c1. The third-order valence-electron chi connectivity index (χ3n) is 4.09. The molecule has 0 aromatic heterocycles. The van der Waals surface area contributed by atoms with E-state index in [9.17, 15) is 18.0 Å². The van der Waals surface area contributed by atoms with Crippen LogP contribution in [0.15, 0.2) is 18.2 Å². The van der Waals surface area contributed by atoms with Crippen LogP contribution >= 0.6 is 0 Å². The van der Waals surface area contributed by atoms with Crippen molar-refractivity contribution in [1.29, 1.82) is 0 Å². The quantitative estimate of drug-likeness (QED) is 0.828. The van der Waals surface area contributed by atoms with E-state index in [1.165, 1.54) is 11.4 Å². The van der Waals surface area contributed by atoms with Gasteiger partial charge in [-0.15, -0.1) is 0 Å². The molecule has 1 aromatic carbocycles. The van der Waals surface area contributed by atoms with E-state index in [1.54, 1.807) is 25.1 Å². The lowest BCUT2D eigenvalue weighted by atomic mass is 10.0. The molecule has 0 radical (unpaired) electrons. The topological polar surface area (TPSA) is 92.8 Å². The van der Waals surface area contributed by atoms with Crippen LogP contribution in [0.1, 0.15) is 35.2 Å². The minimum Gasteiger partial charge on any atom is -0.465 e. The molecule has 1 atom stereocenters. The van der Waals surface area contributed by atoms with E-state index >= 15 is 0 Å². The minimum atomic E-state index is -3.43. The number of amides is 1. The molecule has 132 valence electrons. The normalized spacial score (nSPS) is 18.9. The summed E-state index contributed by atoms with van der Waals surface area (Å²) in [5, 5.41) is 2.77. The van der Waals surface area contributed by atoms with E-state index in [0.29, 0.717) is 29.8 Å². The summed E-state index contributed by atoms with van der Waals surface area (Å²) < 4.78 is 29.6. The number of methoxy groups -OCH3 is 1. The van der Waals surface area contributed by atoms with Crippen molar-refractivity contribution in [2.24, 2.45) is 0 Å². The van der Waals surface area contributed by atoms with Crippen molar-refractivity contribution < 1.29 is 22.7 Å². The van der Waals surface area contributed by atoms with Gasteiger partial charge >= 0.3 is 5.97 Å². The van der Waals surface area contributed by atoms with Gasteiger partial charge in [0.1, 0.15) is 6.04 Å². The van der Waals surface area contributed by atoms with Crippen LogP contribution in [0.5, 0.6) is 0 Å². The Bertz CT molecular complexity index is 745. The van der Waals surface area contributed by atoms with Gasteiger partial charge in [-0.25, -0.2) is 13.2 Å². The maximum Gasteiger partial charge on any atom is 0.337 e. The molecule has 2 rings (SSSR count). The van der Waals surface area contributed by atoms with Crippen molar-refractivity contribution in [2.45, 2.75) is 32.2 Å². The number of ether oxygens (including phenoxy) is 1. The predicted octanol–water partition coefficient (Wildman–Crippen LogP) is 1.53. The van der Waals surface area contributed by atoms with Gasteiger partial charge < -0.3 is 10.1 Å². The van der Waals surface area contributed by atoms with Crippen LogP contribution in [0.25, 0.3) is 0 Å². The number of aryl methyl sites for hydroxylation is 1. The highest BCUT2D eigenvalue weighted by Crippen LogP contribution is 2.23. The number of nitrogens with zero attached hydrogens (tertiary/aromatic N) is 1. The first-order chi connectivity index (χ1) is 11.2. The first-order valence-electron chi connectivity index (χ1n) is 7.70. The zero-order valence-corrected chi connectivity index (χ0v) is 14.9. The lowest BCUT2D eigenvalue weighted by molar-refractivity contribution is -0.120. The monoisotopic (exact) mass is 354 g/mol. The number of benzene rings is 1. The Balaban J connectivity index is 2.18. The van der Waals surface area contributed by atoms with Crippen LogP contribution in [0.3, 0.4) is 0 Å². The molecule has 7 nitrogen and oxygen atoms in total. The third kappa shape index (κ3) is 4.12. The van der Waals surface area contributed by atoms with Gasteiger partial charge in [0.2, 0.25) is 15.9 Å². The largest absolute Gasteiger partial charge is 0.465 e. The molecular weight excluding hydrogens is 332 g/mol. The maximum atomic E-state index is 12.5. The van der Waals surface area contributed by atoms with E-state index < -0.39 is 22.0 Å². The first kappa shape index (κ1) is 18.4. The molecule has 1 amide bonds. The van der Waals surface area contributed by atoms with Gasteiger partial charge in [-0.05, 0) is 43.5 Å². The van der Waals surface area contributed by atoms with Crippen molar-refractivity contribution in [3.8, 4) is 0 Å². The number of rotatable bonds is 4. The van der Waals surface area contributed by atoms with Crippen molar-refractivity contribution >= 4 is 27.6 Å². The summed E-state index contributed by atoms with van der Waals surface area (Å²) in [5.41, 5.74) is 1.64. The fourth-order valence-corrected chi connectivity index (χ4v) is 3.95. The molecule has 1 aromatic rings. The number of sulfonamides is 1. The predicted molar refractivity (Wildman–Crippen MR) is 90.3 cm³/mol. The van der Waals surface area contributed by atoms with Crippen LogP contribution in [-0.4, -0.2) is 50.6 Å². The zero-order valence-electron chi connectivity index (χ0n) is 14.0. The molecule has 1 heterocycles. The van der Waals surface area contributed by atoms with Crippen molar-refractivity contribution in [2.75, 3.05) is 25.2 Å². The van der Waals surface area contributed by atoms with Gasteiger partial charge in [0.25, 0.3) is 0 Å². The molecule has 24 heavy (non-hydrogen) atoms. The van der Waals surface area contributed by atoms with Crippen molar-refractivity contribution in [3.05, 3.63) is 29.3 Å².